The lowest BCUT2D eigenvalue weighted by Gasteiger charge is -2.40. The van der Waals surface area contributed by atoms with Crippen LogP contribution in [-0.2, 0) is 4.79 Å². The van der Waals surface area contributed by atoms with E-state index in [4.69, 9.17) is 5.73 Å². The van der Waals surface area contributed by atoms with Gasteiger partial charge in [0, 0.05) is 24.0 Å². The fourth-order valence-electron chi connectivity index (χ4n) is 3.23. The van der Waals surface area contributed by atoms with Gasteiger partial charge in [-0.25, -0.2) is 0 Å². The fourth-order valence-corrected chi connectivity index (χ4v) is 3.23. The van der Waals surface area contributed by atoms with Crippen LogP contribution in [0.3, 0.4) is 0 Å². The average molecular weight is 224 g/mol. The molecule has 0 aromatic heterocycles. The van der Waals surface area contributed by atoms with E-state index in [1.54, 1.807) is 0 Å². The molecular weight excluding hydrogens is 200 g/mol. The van der Waals surface area contributed by atoms with Crippen molar-refractivity contribution in [2.45, 2.75) is 64.5 Å². The molecule has 1 saturated carbocycles. The van der Waals surface area contributed by atoms with Crippen LogP contribution in [0.4, 0.5) is 0 Å². The summed E-state index contributed by atoms with van der Waals surface area (Å²) in [6, 6.07) is 0.615. The van der Waals surface area contributed by atoms with Crippen LogP contribution >= 0.6 is 0 Å². The third-order valence-corrected chi connectivity index (χ3v) is 4.40. The first-order valence-electron chi connectivity index (χ1n) is 6.59. The average Bonchev–Trinajstić information content (AvgIpc) is 2.66. The van der Waals surface area contributed by atoms with E-state index in [1.807, 2.05) is 0 Å². The first kappa shape index (κ1) is 11.9. The van der Waals surface area contributed by atoms with E-state index >= 15 is 0 Å². The van der Waals surface area contributed by atoms with E-state index in [1.165, 1.54) is 12.8 Å². The molecule has 2 rings (SSSR count). The number of piperidine rings is 1. The Bertz CT molecular complexity index is 271. The molecule has 2 N–H and O–H groups in total. The number of nitrogens with zero attached hydrogens (tertiary/aromatic N) is 1. The lowest BCUT2D eigenvalue weighted by molar-refractivity contribution is -0.144. The Labute approximate surface area is 98.4 Å². The Morgan fingerprint density at radius 2 is 2.00 bits per heavy atom. The second-order valence-corrected chi connectivity index (χ2v) is 5.90. The minimum atomic E-state index is -0.0737. The van der Waals surface area contributed by atoms with Crippen LogP contribution in [0.15, 0.2) is 0 Å². The van der Waals surface area contributed by atoms with Gasteiger partial charge in [0.1, 0.15) is 0 Å². The molecule has 1 heterocycles. The number of hydrogen-bond donors (Lipinski definition) is 1. The Morgan fingerprint density at radius 3 is 2.56 bits per heavy atom. The van der Waals surface area contributed by atoms with Gasteiger partial charge < -0.3 is 10.6 Å². The lowest BCUT2D eigenvalue weighted by Crippen LogP contribution is -2.52. The summed E-state index contributed by atoms with van der Waals surface area (Å²) < 4.78 is 0. The van der Waals surface area contributed by atoms with E-state index < -0.39 is 0 Å². The molecule has 0 bridgehead atoms. The highest BCUT2D eigenvalue weighted by Gasteiger charge is 2.41. The largest absolute Gasteiger partial charge is 0.339 e. The van der Waals surface area contributed by atoms with Crippen LogP contribution in [0.5, 0.6) is 0 Å². The Balaban J connectivity index is 2.04. The van der Waals surface area contributed by atoms with Gasteiger partial charge in [-0.3, -0.25) is 4.79 Å². The summed E-state index contributed by atoms with van der Waals surface area (Å²) in [7, 11) is 0. The highest BCUT2D eigenvalue weighted by atomic mass is 16.2. The van der Waals surface area contributed by atoms with Crippen LogP contribution in [0, 0.1) is 5.41 Å². The SMILES string of the molecule is CC1CC(N)CCN1C(=O)C1(C)CCCC1. The molecule has 92 valence electrons. The van der Waals surface area contributed by atoms with Crippen molar-refractivity contribution < 1.29 is 4.79 Å². The summed E-state index contributed by atoms with van der Waals surface area (Å²) in [4.78, 5) is 14.6. The van der Waals surface area contributed by atoms with Crippen molar-refractivity contribution in [2.75, 3.05) is 6.54 Å². The van der Waals surface area contributed by atoms with Crippen LogP contribution in [0.25, 0.3) is 0 Å². The zero-order chi connectivity index (χ0) is 11.8. The number of likely N-dealkylation sites (tertiary alicyclic amines) is 1. The minimum Gasteiger partial charge on any atom is -0.339 e. The maximum absolute atomic E-state index is 12.5. The zero-order valence-corrected chi connectivity index (χ0v) is 10.5. The maximum Gasteiger partial charge on any atom is 0.228 e. The van der Waals surface area contributed by atoms with Gasteiger partial charge in [0.25, 0.3) is 0 Å². The van der Waals surface area contributed by atoms with E-state index in [9.17, 15) is 4.79 Å². The normalized spacial score (nSPS) is 34.1. The van der Waals surface area contributed by atoms with Gasteiger partial charge in [0.2, 0.25) is 5.91 Å². The molecule has 1 amide bonds. The van der Waals surface area contributed by atoms with Gasteiger partial charge >= 0.3 is 0 Å². The molecule has 0 radical (unpaired) electrons. The summed E-state index contributed by atoms with van der Waals surface area (Å²) in [6.45, 7) is 5.13. The molecule has 2 aliphatic rings. The molecule has 2 fully saturated rings. The summed E-state index contributed by atoms with van der Waals surface area (Å²) in [5.74, 6) is 0.379. The van der Waals surface area contributed by atoms with Crippen molar-refractivity contribution in [1.82, 2.24) is 4.90 Å². The zero-order valence-electron chi connectivity index (χ0n) is 10.5. The second-order valence-electron chi connectivity index (χ2n) is 5.90. The number of rotatable bonds is 1. The van der Waals surface area contributed by atoms with E-state index in [0.29, 0.717) is 11.9 Å². The van der Waals surface area contributed by atoms with E-state index in [0.717, 1.165) is 32.2 Å². The molecule has 1 aliphatic carbocycles. The van der Waals surface area contributed by atoms with E-state index in [2.05, 4.69) is 18.7 Å². The van der Waals surface area contributed by atoms with Gasteiger partial charge in [0.15, 0.2) is 0 Å². The smallest absolute Gasteiger partial charge is 0.228 e. The highest BCUT2D eigenvalue weighted by Crippen LogP contribution is 2.40. The number of carbonyl (C=O) groups excluding carboxylic acids is 1. The first-order valence-corrected chi connectivity index (χ1v) is 6.59. The molecule has 1 aliphatic heterocycles. The Hall–Kier alpha value is -0.570. The van der Waals surface area contributed by atoms with Crippen molar-refractivity contribution in [3.8, 4) is 0 Å². The van der Waals surface area contributed by atoms with Crippen LogP contribution in [0.2, 0.25) is 0 Å². The lowest BCUT2D eigenvalue weighted by atomic mass is 9.85. The topological polar surface area (TPSA) is 46.3 Å². The van der Waals surface area contributed by atoms with Crippen LogP contribution in [-0.4, -0.2) is 29.4 Å². The predicted molar refractivity (Wildman–Crippen MR) is 65.0 cm³/mol. The Morgan fingerprint density at radius 1 is 1.38 bits per heavy atom. The van der Waals surface area contributed by atoms with Crippen LogP contribution < -0.4 is 5.73 Å². The molecule has 3 heteroatoms. The Kier molecular flexibility index (Phi) is 3.24. The number of hydrogen-bond acceptors (Lipinski definition) is 2. The van der Waals surface area contributed by atoms with Gasteiger partial charge in [-0.15, -0.1) is 0 Å². The summed E-state index contributed by atoms with van der Waals surface area (Å²) in [5, 5.41) is 0. The second kappa shape index (κ2) is 4.36. The van der Waals surface area contributed by atoms with Gasteiger partial charge in [-0.1, -0.05) is 19.8 Å². The number of amides is 1. The van der Waals surface area contributed by atoms with Gasteiger partial charge in [0.05, 0.1) is 0 Å². The molecule has 0 aromatic rings. The molecule has 3 nitrogen and oxygen atoms in total. The standard InChI is InChI=1S/C13H24N2O/c1-10-9-11(14)5-8-15(10)12(16)13(2)6-3-4-7-13/h10-11H,3-9,14H2,1-2H3. The van der Waals surface area contributed by atoms with Crippen molar-refractivity contribution in [3.63, 3.8) is 0 Å². The van der Waals surface area contributed by atoms with Crippen LogP contribution in [0.1, 0.15) is 52.4 Å². The fraction of sp³-hybridized carbons (Fsp3) is 0.923. The molecule has 2 unspecified atom stereocenters. The quantitative estimate of drug-likeness (QED) is 0.739. The van der Waals surface area contributed by atoms with Crippen molar-refractivity contribution >= 4 is 5.91 Å². The monoisotopic (exact) mass is 224 g/mol. The predicted octanol–water partition coefficient (Wildman–Crippen LogP) is 1.90. The molecule has 0 spiro atoms. The third-order valence-electron chi connectivity index (χ3n) is 4.40. The summed E-state index contributed by atoms with van der Waals surface area (Å²) in [6.07, 6.45) is 6.49. The summed E-state index contributed by atoms with van der Waals surface area (Å²) >= 11 is 0. The van der Waals surface area contributed by atoms with Crippen molar-refractivity contribution in [3.05, 3.63) is 0 Å². The van der Waals surface area contributed by atoms with Gasteiger partial charge in [-0.2, -0.15) is 0 Å². The highest BCUT2D eigenvalue weighted by molar-refractivity contribution is 5.83. The molecular formula is C13H24N2O. The molecule has 2 atom stereocenters. The molecule has 16 heavy (non-hydrogen) atoms. The first-order chi connectivity index (χ1) is 7.53. The number of carbonyl (C=O) groups is 1. The maximum atomic E-state index is 12.5. The summed E-state index contributed by atoms with van der Waals surface area (Å²) in [5.41, 5.74) is 5.86. The minimum absolute atomic E-state index is 0.0737. The molecule has 1 saturated heterocycles. The number of nitrogens with two attached hydrogens (primary N) is 1. The third kappa shape index (κ3) is 2.10. The molecule has 0 aromatic carbocycles. The van der Waals surface area contributed by atoms with Crippen molar-refractivity contribution in [1.29, 1.82) is 0 Å². The van der Waals surface area contributed by atoms with Crippen molar-refractivity contribution in [2.24, 2.45) is 11.1 Å². The van der Waals surface area contributed by atoms with Gasteiger partial charge in [-0.05, 0) is 32.6 Å². The van der Waals surface area contributed by atoms with E-state index in [-0.39, 0.29) is 11.5 Å².